The van der Waals surface area contributed by atoms with Crippen LogP contribution < -0.4 is 10.6 Å². The van der Waals surface area contributed by atoms with Gasteiger partial charge in [0.2, 0.25) is 0 Å². The zero-order valence-corrected chi connectivity index (χ0v) is 11.9. The van der Waals surface area contributed by atoms with Crippen LogP contribution in [0, 0.1) is 13.8 Å². The minimum atomic E-state index is 0.564. The molecule has 0 aliphatic heterocycles. The van der Waals surface area contributed by atoms with Gasteiger partial charge in [0.15, 0.2) is 5.13 Å². The molecule has 96 valence electrons. The molecule has 0 unspecified atom stereocenters. The molecule has 0 bridgehead atoms. The summed E-state index contributed by atoms with van der Waals surface area (Å²) in [7, 11) is 2.07. The summed E-state index contributed by atoms with van der Waals surface area (Å²) in [5.74, 6) is 0. The predicted octanol–water partition coefficient (Wildman–Crippen LogP) is 2.86. The van der Waals surface area contributed by atoms with E-state index in [2.05, 4.69) is 49.0 Å². The van der Waals surface area contributed by atoms with E-state index >= 15 is 0 Å². The number of hydrogen-bond donors (Lipinski definition) is 1. The molecule has 1 aromatic heterocycles. The SMILES string of the molecule is Cc1ccc(C)c(CN(C)c2ncc(CN)s2)c1. The van der Waals surface area contributed by atoms with Crippen LogP contribution in [0.15, 0.2) is 24.4 Å². The third-order valence-corrected chi connectivity index (χ3v) is 4.12. The molecule has 0 saturated carbocycles. The van der Waals surface area contributed by atoms with Gasteiger partial charge < -0.3 is 10.6 Å². The van der Waals surface area contributed by atoms with Crippen molar-refractivity contribution in [2.45, 2.75) is 26.9 Å². The van der Waals surface area contributed by atoms with Crippen molar-refractivity contribution in [3.05, 3.63) is 46.0 Å². The molecule has 2 rings (SSSR count). The highest BCUT2D eigenvalue weighted by molar-refractivity contribution is 7.15. The van der Waals surface area contributed by atoms with Gasteiger partial charge in [0, 0.05) is 31.2 Å². The molecule has 0 aliphatic rings. The average Bonchev–Trinajstić information content (AvgIpc) is 2.82. The molecule has 2 aromatic rings. The number of thiazole rings is 1. The van der Waals surface area contributed by atoms with E-state index in [1.54, 1.807) is 11.3 Å². The van der Waals surface area contributed by atoms with Crippen LogP contribution in [-0.2, 0) is 13.1 Å². The fourth-order valence-electron chi connectivity index (χ4n) is 1.86. The van der Waals surface area contributed by atoms with E-state index in [1.165, 1.54) is 16.7 Å². The van der Waals surface area contributed by atoms with Crippen molar-refractivity contribution >= 4 is 16.5 Å². The van der Waals surface area contributed by atoms with E-state index in [0.29, 0.717) is 6.54 Å². The van der Waals surface area contributed by atoms with Gasteiger partial charge in [0.25, 0.3) is 0 Å². The summed E-state index contributed by atoms with van der Waals surface area (Å²) in [5.41, 5.74) is 9.58. The Morgan fingerprint density at radius 3 is 2.78 bits per heavy atom. The largest absolute Gasteiger partial charge is 0.347 e. The van der Waals surface area contributed by atoms with Gasteiger partial charge in [-0.05, 0) is 25.0 Å². The highest BCUT2D eigenvalue weighted by atomic mass is 32.1. The lowest BCUT2D eigenvalue weighted by Crippen LogP contribution is -2.16. The number of nitrogens with two attached hydrogens (primary N) is 1. The molecule has 18 heavy (non-hydrogen) atoms. The lowest BCUT2D eigenvalue weighted by molar-refractivity contribution is 0.904. The van der Waals surface area contributed by atoms with Gasteiger partial charge in [-0.25, -0.2) is 4.98 Å². The predicted molar refractivity (Wildman–Crippen MR) is 78.0 cm³/mol. The number of benzene rings is 1. The first-order chi connectivity index (χ1) is 8.60. The topological polar surface area (TPSA) is 42.2 Å². The molecule has 0 saturated heterocycles. The molecule has 2 N–H and O–H groups in total. The highest BCUT2D eigenvalue weighted by Crippen LogP contribution is 2.23. The van der Waals surface area contributed by atoms with Crippen molar-refractivity contribution in [3.63, 3.8) is 0 Å². The fraction of sp³-hybridized carbons (Fsp3) is 0.357. The maximum Gasteiger partial charge on any atom is 0.185 e. The maximum absolute atomic E-state index is 5.61. The molecular formula is C14H19N3S. The van der Waals surface area contributed by atoms with Crippen molar-refractivity contribution in [2.24, 2.45) is 5.73 Å². The molecule has 0 spiro atoms. The summed E-state index contributed by atoms with van der Waals surface area (Å²) < 4.78 is 0. The van der Waals surface area contributed by atoms with E-state index in [4.69, 9.17) is 5.73 Å². The summed E-state index contributed by atoms with van der Waals surface area (Å²) in [4.78, 5) is 7.69. The molecule has 0 radical (unpaired) electrons. The number of aromatic nitrogens is 1. The lowest BCUT2D eigenvalue weighted by atomic mass is 10.1. The second kappa shape index (κ2) is 5.50. The smallest absolute Gasteiger partial charge is 0.185 e. The highest BCUT2D eigenvalue weighted by Gasteiger charge is 2.08. The molecule has 1 aromatic carbocycles. The van der Waals surface area contributed by atoms with Crippen LogP contribution in [0.25, 0.3) is 0 Å². The molecule has 0 amide bonds. The Morgan fingerprint density at radius 2 is 2.11 bits per heavy atom. The third kappa shape index (κ3) is 2.89. The summed E-state index contributed by atoms with van der Waals surface area (Å²) in [6.07, 6.45) is 1.86. The summed E-state index contributed by atoms with van der Waals surface area (Å²) in [5, 5.41) is 1.02. The summed E-state index contributed by atoms with van der Waals surface area (Å²) in [6, 6.07) is 6.56. The zero-order valence-electron chi connectivity index (χ0n) is 11.1. The van der Waals surface area contributed by atoms with Gasteiger partial charge in [-0.15, -0.1) is 11.3 Å². The number of aryl methyl sites for hydroxylation is 2. The van der Waals surface area contributed by atoms with Gasteiger partial charge in [-0.3, -0.25) is 0 Å². The van der Waals surface area contributed by atoms with Gasteiger partial charge in [-0.2, -0.15) is 0 Å². The Kier molecular flexibility index (Phi) is 3.99. The normalized spacial score (nSPS) is 10.7. The van der Waals surface area contributed by atoms with Crippen LogP contribution in [0.4, 0.5) is 5.13 Å². The second-order valence-electron chi connectivity index (χ2n) is 4.60. The third-order valence-electron chi connectivity index (χ3n) is 2.98. The minimum absolute atomic E-state index is 0.564. The van der Waals surface area contributed by atoms with Crippen LogP contribution in [0.3, 0.4) is 0 Å². The van der Waals surface area contributed by atoms with Crippen molar-refractivity contribution < 1.29 is 0 Å². The number of nitrogens with zero attached hydrogens (tertiary/aromatic N) is 2. The Hall–Kier alpha value is -1.39. The number of hydrogen-bond acceptors (Lipinski definition) is 4. The summed E-state index contributed by atoms with van der Waals surface area (Å²) >= 11 is 1.66. The van der Waals surface area contributed by atoms with Crippen LogP contribution in [0.2, 0.25) is 0 Å². The van der Waals surface area contributed by atoms with Gasteiger partial charge in [0.05, 0.1) is 0 Å². The molecule has 0 aliphatic carbocycles. The van der Waals surface area contributed by atoms with Crippen molar-refractivity contribution in [1.29, 1.82) is 0 Å². The lowest BCUT2D eigenvalue weighted by Gasteiger charge is -2.17. The molecule has 1 heterocycles. The van der Waals surface area contributed by atoms with E-state index in [9.17, 15) is 0 Å². The Balaban J connectivity index is 2.15. The van der Waals surface area contributed by atoms with Crippen molar-refractivity contribution in [3.8, 4) is 0 Å². The average molecular weight is 261 g/mol. The van der Waals surface area contributed by atoms with Gasteiger partial charge in [0.1, 0.15) is 0 Å². The first-order valence-corrected chi connectivity index (χ1v) is 6.84. The first-order valence-electron chi connectivity index (χ1n) is 6.02. The zero-order chi connectivity index (χ0) is 13.1. The molecule has 4 heteroatoms. The van der Waals surface area contributed by atoms with Crippen LogP contribution in [-0.4, -0.2) is 12.0 Å². The second-order valence-corrected chi connectivity index (χ2v) is 5.69. The van der Waals surface area contributed by atoms with Crippen molar-refractivity contribution in [2.75, 3.05) is 11.9 Å². The van der Waals surface area contributed by atoms with Crippen LogP contribution in [0.1, 0.15) is 21.6 Å². The maximum atomic E-state index is 5.61. The van der Waals surface area contributed by atoms with E-state index in [-0.39, 0.29) is 0 Å². The number of rotatable bonds is 4. The van der Waals surface area contributed by atoms with Crippen LogP contribution >= 0.6 is 11.3 Å². The fourth-order valence-corrected chi connectivity index (χ4v) is 2.61. The monoisotopic (exact) mass is 261 g/mol. The molecule has 0 fully saturated rings. The van der Waals surface area contributed by atoms with Gasteiger partial charge >= 0.3 is 0 Å². The van der Waals surface area contributed by atoms with E-state index < -0.39 is 0 Å². The van der Waals surface area contributed by atoms with Gasteiger partial charge in [-0.1, -0.05) is 23.8 Å². The minimum Gasteiger partial charge on any atom is -0.347 e. The molecular weight excluding hydrogens is 242 g/mol. The Bertz CT molecular complexity index is 534. The summed E-state index contributed by atoms with van der Waals surface area (Å²) in [6.45, 7) is 5.72. The number of anilines is 1. The standard InChI is InChI=1S/C14H19N3S/c1-10-4-5-11(2)12(6-10)9-17(3)14-16-8-13(7-15)18-14/h4-6,8H,7,9,15H2,1-3H3. The Labute approximate surface area is 112 Å². The van der Waals surface area contributed by atoms with E-state index in [1.807, 2.05) is 6.20 Å². The quantitative estimate of drug-likeness (QED) is 0.920. The van der Waals surface area contributed by atoms with E-state index in [0.717, 1.165) is 16.6 Å². The molecule has 3 nitrogen and oxygen atoms in total. The molecule has 0 atom stereocenters. The van der Waals surface area contributed by atoms with Crippen LogP contribution in [0.5, 0.6) is 0 Å². The Morgan fingerprint density at radius 1 is 1.33 bits per heavy atom. The first kappa shape index (κ1) is 13.1. The van der Waals surface area contributed by atoms with Crippen molar-refractivity contribution in [1.82, 2.24) is 4.98 Å².